The lowest BCUT2D eigenvalue weighted by molar-refractivity contribution is -0.112. The molecule has 1 heterocycles. The molecule has 1 aliphatic rings. The van der Waals surface area contributed by atoms with Crippen LogP contribution in [-0.2, 0) is 4.79 Å². The Labute approximate surface area is 153 Å². The molecule has 4 nitrogen and oxygen atoms in total. The summed E-state index contributed by atoms with van der Waals surface area (Å²) in [5, 5.41) is 6.29. The van der Waals surface area contributed by atoms with Crippen LogP contribution in [0.25, 0.3) is 0 Å². The smallest absolute Gasteiger partial charge is 0.224 e. The van der Waals surface area contributed by atoms with Gasteiger partial charge in [0.2, 0.25) is 5.28 Å². The summed E-state index contributed by atoms with van der Waals surface area (Å²) in [6.07, 6.45) is 7.44. The minimum Gasteiger partial charge on any atom is -0.357 e. The van der Waals surface area contributed by atoms with Crippen LogP contribution in [0.2, 0.25) is 5.28 Å². The molecule has 0 aromatic carbocycles. The van der Waals surface area contributed by atoms with Crippen molar-refractivity contribution >= 4 is 53.8 Å². The van der Waals surface area contributed by atoms with Crippen molar-refractivity contribution in [2.45, 2.75) is 51.5 Å². The van der Waals surface area contributed by atoms with Crippen LogP contribution in [0.3, 0.4) is 0 Å². The molecule has 7 heteroatoms. The first kappa shape index (κ1) is 19.5. The molecular weight excluding hydrogens is 433 g/mol. The van der Waals surface area contributed by atoms with Gasteiger partial charge in [0.1, 0.15) is 12.1 Å². The van der Waals surface area contributed by atoms with Gasteiger partial charge in [-0.15, -0.1) is 0 Å². The molecule has 0 spiro atoms. The maximum atomic E-state index is 11.5. The van der Waals surface area contributed by atoms with Gasteiger partial charge in [0, 0.05) is 27.4 Å². The number of anilines is 1. The molecule has 1 N–H and O–H groups in total. The summed E-state index contributed by atoms with van der Waals surface area (Å²) in [5.41, 5.74) is 0.106. The summed E-state index contributed by atoms with van der Waals surface area (Å²) < 4.78 is 0. The average molecular weight is 452 g/mol. The van der Waals surface area contributed by atoms with E-state index < -0.39 is 5.54 Å². The van der Waals surface area contributed by atoms with Crippen LogP contribution in [-0.4, -0.2) is 21.8 Å². The molecule has 0 bridgehead atoms. The summed E-state index contributed by atoms with van der Waals surface area (Å²) in [5.74, 6) is 3.50. The van der Waals surface area contributed by atoms with Crippen LogP contribution in [0.15, 0.2) is 6.20 Å². The Morgan fingerprint density at radius 3 is 2.68 bits per heavy atom. The van der Waals surface area contributed by atoms with Gasteiger partial charge in [-0.2, -0.15) is 4.98 Å². The summed E-state index contributed by atoms with van der Waals surface area (Å²) in [6, 6.07) is 0. The molecule has 0 amide bonds. The fourth-order valence-electron chi connectivity index (χ4n) is 2.31. The van der Waals surface area contributed by atoms with E-state index in [0.717, 1.165) is 32.0 Å². The highest BCUT2D eigenvalue weighted by Gasteiger charge is 2.32. The highest BCUT2D eigenvalue weighted by molar-refractivity contribution is 14.2. The minimum atomic E-state index is -0.552. The maximum Gasteiger partial charge on any atom is 0.224 e. The molecule has 120 valence electrons. The first-order valence-electron chi connectivity index (χ1n) is 7.25. The van der Waals surface area contributed by atoms with Crippen molar-refractivity contribution < 1.29 is 4.79 Å². The van der Waals surface area contributed by atoms with Gasteiger partial charge in [-0.25, -0.2) is 4.98 Å². The maximum absolute atomic E-state index is 11.5. The highest BCUT2D eigenvalue weighted by atomic mass is 127. The Hall–Kier alpha value is -0.520. The lowest BCUT2D eigenvalue weighted by atomic mass is 9.83. The second kappa shape index (κ2) is 10.3. The topological polar surface area (TPSA) is 54.9 Å². The van der Waals surface area contributed by atoms with Crippen molar-refractivity contribution in [2.24, 2.45) is 0 Å². The molecule has 1 aliphatic carbocycles. The van der Waals surface area contributed by atoms with Crippen molar-refractivity contribution in [2.75, 3.05) is 5.32 Å². The van der Waals surface area contributed by atoms with E-state index in [0.29, 0.717) is 11.4 Å². The number of aldehydes is 1. The van der Waals surface area contributed by atoms with E-state index in [-0.39, 0.29) is 5.28 Å². The van der Waals surface area contributed by atoms with Gasteiger partial charge in [0.05, 0.1) is 11.1 Å². The molecule has 1 saturated carbocycles. The third kappa shape index (κ3) is 5.60. The third-order valence-electron chi connectivity index (χ3n) is 3.32. The Morgan fingerprint density at radius 2 is 2.09 bits per heavy atom. The summed E-state index contributed by atoms with van der Waals surface area (Å²) in [6.45, 7) is 4.00. The highest BCUT2D eigenvalue weighted by Crippen LogP contribution is 2.30. The predicted octanol–water partition coefficient (Wildman–Crippen LogP) is 4.86. The quantitative estimate of drug-likeness (QED) is 0.308. The molecule has 2 rings (SSSR count). The Balaban J connectivity index is 0.00000116. The van der Waals surface area contributed by atoms with Crippen LogP contribution in [0, 0.1) is 11.2 Å². The fraction of sp³-hybridized carbons (Fsp3) is 0.533. The van der Waals surface area contributed by atoms with E-state index in [9.17, 15) is 4.79 Å². The van der Waals surface area contributed by atoms with Crippen molar-refractivity contribution in [3.8, 4) is 11.2 Å². The van der Waals surface area contributed by atoms with Crippen molar-refractivity contribution in [3.05, 3.63) is 17.0 Å². The lowest BCUT2D eigenvalue weighted by Crippen LogP contribution is -2.42. The monoisotopic (exact) mass is 451 g/mol. The van der Waals surface area contributed by atoms with Crippen molar-refractivity contribution in [1.29, 1.82) is 0 Å². The van der Waals surface area contributed by atoms with Crippen molar-refractivity contribution in [1.82, 2.24) is 9.97 Å². The molecule has 1 aromatic heterocycles. The first-order chi connectivity index (χ1) is 10.7. The molecule has 0 atom stereocenters. The molecule has 0 aliphatic heterocycles. The van der Waals surface area contributed by atoms with Crippen LogP contribution in [0.5, 0.6) is 0 Å². The largest absolute Gasteiger partial charge is 0.357 e. The summed E-state index contributed by atoms with van der Waals surface area (Å²) in [7, 11) is 1.38. The van der Waals surface area contributed by atoms with Crippen LogP contribution in [0.4, 0.5) is 5.82 Å². The van der Waals surface area contributed by atoms with E-state index in [1.165, 1.54) is 15.4 Å². The molecular formula is C15H19ClIN3OS. The number of rotatable bonds is 3. The van der Waals surface area contributed by atoms with Gasteiger partial charge in [0.15, 0.2) is 0 Å². The number of nitrogens with zero attached hydrogens (tertiary/aromatic N) is 2. The zero-order chi connectivity index (χ0) is 16.4. The molecule has 1 fully saturated rings. The SMILES string of the molecule is CC.O=CC1(Nc2nc(Cl)ncc2C#CSI)CCCCC1. The normalized spacial score (nSPS) is 15.6. The van der Waals surface area contributed by atoms with E-state index in [4.69, 9.17) is 11.6 Å². The zero-order valence-electron chi connectivity index (χ0n) is 12.7. The Kier molecular flexibility index (Phi) is 9.13. The second-order valence-electron chi connectivity index (χ2n) is 4.67. The number of nitrogens with one attached hydrogen (secondary N) is 1. The minimum absolute atomic E-state index is 0.150. The number of halogens is 2. The van der Waals surface area contributed by atoms with E-state index in [1.54, 1.807) is 6.20 Å². The first-order valence-corrected chi connectivity index (χ1v) is 11.0. The van der Waals surface area contributed by atoms with Gasteiger partial charge in [-0.3, -0.25) is 0 Å². The average Bonchev–Trinajstić information content (AvgIpc) is 2.57. The molecule has 22 heavy (non-hydrogen) atoms. The van der Waals surface area contributed by atoms with Gasteiger partial charge >= 0.3 is 0 Å². The van der Waals surface area contributed by atoms with Gasteiger partial charge < -0.3 is 10.1 Å². The number of aromatic nitrogens is 2. The lowest BCUT2D eigenvalue weighted by Gasteiger charge is -2.33. The fourth-order valence-corrected chi connectivity index (χ4v) is 2.92. The number of carbonyl (C=O) groups excluding carboxylic acids is 1. The van der Waals surface area contributed by atoms with Crippen LogP contribution < -0.4 is 5.32 Å². The van der Waals surface area contributed by atoms with E-state index in [2.05, 4.69) is 47.7 Å². The number of carbonyl (C=O) groups is 1. The summed E-state index contributed by atoms with van der Waals surface area (Å²) in [4.78, 5) is 19.6. The third-order valence-corrected chi connectivity index (χ3v) is 4.34. The number of hydrogen-bond acceptors (Lipinski definition) is 5. The zero-order valence-corrected chi connectivity index (χ0v) is 16.4. The van der Waals surface area contributed by atoms with Crippen LogP contribution in [0.1, 0.15) is 51.5 Å². The van der Waals surface area contributed by atoms with Gasteiger partial charge in [-0.05, 0) is 44.5 Å². The standard InChI is InChI=1S/C13H13ClIN3OS.C2H6/c14-12-16-8-10(4-7-20-15)11(17-12)18-13(9-19)5-2-1-3-6-13;1-2/h8-9H,1-3,5-6H2,(H,16,17,18);1-2H3. The van der Waals surface area contributed by atoms with Gasteiger partial charge in [0.25, 0.3) is 0 Å². The number of hydrogen-bond donors (Lipinski definition) is 1. The second-order valence-corrected chi connectivity index (χ2v) is 6.68. The Morgan fingerprint density at radius 1 is 1.41 bits per heavy atom. The van der Waals surface area contributed by atoms with Crippen LogP contribution >= 0.6 is 41.7 Å². The summed E-state index contributed by atoms with van der Waals surface area (Å²) >= 11 is 7.95. The molecule has 1 aromatic rings. The van der Waals surface area contributed by atoms with E-state index >= 15 is 0 Å². The van der Waals surface area contributed by atoms with E-state index in [1.807, 2.05) is 13.8 Å². The molecule has 0 unspecified atom stereocenters. The van der Waals surface area contributed by atoms with Gasteiger partial charge in [-0.1, -0.05) is 33.1 Å². The Bertz CT molecular complexity index is 553. The molecule has 0 radical (unpaired) electrons. The molecule has 0 saturated heterocycles. The van der Waals surface area contributed by atoms with Crippen molar-refractivity contribution in [3.63, 3.8) is 0 Å². The predicted molar refractivity (Wildman–Crippen MR) is 102 cm³/mol.